The van der Waals surface area contributed by atoms with Gasteiger partial charge in [-0.05, 0) is 23.8 Å². The Bertz CT molecular complexity index is 600. The zero-order valence-electron chi connectivity index (χ0n) is 13.6. The van der Waals surface area contributed by atoms with Crippen LogP contribution in [0.15, 0.2) is 30.3 Å². The van der Waals surface area contributed by atoms with Gasteiger partial charge in [0.15, 0.2) is 0 Å². The molecule has 0 spiro atoms. The maximum Gasteiger partial charge on any atom is 0.215 e. The molecule has 128 valence electrons. The van der Waals surface area contributed by atoms with Gasteiger partial charge in [-0.2, -0.15) is 4.31 Å². The zero-order valence-corrected chi connectivity index (χ0v) is 14.5. The van der Waals surface area contributed by atoms with E-state index in [4.69, 9.17) is 4.74 Å². The van der Waals surface area contributed by atoms with E-state index in [0.717, 1.165) is 6.42 Å². The second kappa shape index (κ2) is 7.30. The van der Waals surface area contributed by atoms with Gasteiger partial charge in [-0.15, -0.1) is 0 Å². The molecule has 0 bridgehead atoms. The summed E-state index contributed by atoms with van der Waals surface area (Å²) in [6.07, 6.45) is 1.09. The maximum absolute atomic E-state index is 12.3. The van der Waals surface area contributed by atoms with Crippen LogP contribution < -0.4 is 5.32 Å². The van der Waals surface area contributed by atoms with E-state index in [1.807, 2.05) is 6.07 Å². The van der Waals surface area contributed by atoms with Crippen molar-refractivity contribution < 1.29 is 13.2 Å². The molecule has 3 atom stereocenters. The Morgan fingerprint density at radius 3 is 2.57 bits per heavy atom. The van der Waals surface area contributed by atoms with E-state index in [2.05, 4.69) is 36.5 Å². The van der Waals surface area contributed by atoms with Gasteiger partial charge in [-0.25, -0.2) is 8.42 Å². The highest BCUT2D eigenvalue weighted by Gasteiger charge is 2.38. The van der Waals surface area contributed by atoms with E-state index >= 15 is 0 Å². The summed E-state index contributed by atoms with van der Waals surface area (Å²) in [5.41, 5.74) is 1.39. The van der Waals surface area contributed by atoms with Crippen LogP contribution in [0.3, 0.4) is 0 Å². The first-order chi connectivity index (χ1) is 11.1. The highest BCUT2D eigenvalue weighted by Crippen LogP contribution is 2.42. The number of nitrogens with zero attached hydrogens (tertiary/aromatic N) is 1. The van der Waals surface area contributed by atoms with Crippen LogP contribution in [0, 0.1) is 5.92 Å². The molecule has 5 nitrogen and oxygen atoms in total. The first kappa shape index (κ1) is 16.9. The Morgan fingerprint density at radius 2 is 1.91 bits per heavy atom. The molecule has 0 amide bonds. The molecule has 1 saturated carbocycles. The van der Waals surface area contributed by atoms with Crippen molar-refractivity contribution in [3.8, 4) is 0 Å². The summed E-state index contributed by atoms with van der Waals surface area (Å²) >= 11 is 0. The monoisotopic (exact) mass is 338 g/mol. The lowest BCUT2D eigenvalue weighted by molar-refractivity contribution is 0.0730. The largest absolute Gasteiger partial charge is 0.379 e. The van der Waals surface area contributed by atoms with Gasteiger partial charge in [0.05, 0.1) is 19.0 Å². The quantitative estimate of drug-likeness (QED) is 0.852. The van der Waals surface area contributed by atoms with Crippen molar-refractivity contribution in [1.29, 1.82) is 0 Å². The third kappa shape index (κ3) is 3.94. The molecule has 1 aromatic rings. The van der Waals surface area contributed by atoms with Gasteiger partial charge in [0, 0.05) is 25.7 Å². The van der Waals surface area contributed by atoms with E-state index in [9.17, 15) is 8.42 Å². The van der Waals surface area contributed by atoms with Crippen molar-refractivity contribution >= 4 is 10.0 Å². The minimum absolute atomic E-state index is 0.173. The number of hydrogen-bond acceptors (Lipinski definition) is 4. The predicted molar refractivity (Wildman–Crippen MR) is 90.9 cm³/mol. The van der Waals surface area contributed by atoms with Crippen molar-refractivity contribution in [2.45, 2.75) is 25.3 Å². The molecule has 3 rings (SSSR count). The molecule has 0 radical (unpaired) electrons. The van der Waals surface area contributed by atoms with Crippen LogP contribution in [0.5, 0.6) is 0 Å². The van der Waals surface area contributed by atoms with E-state index < -0.39 is 10.0 Å². The van der Waals surface area contributed by atoms with Gasteiger partial charge in [-0.1, -0.05) is 37.3 Å². The number of hydrogen-bond donors (Lipinski definition) is 1. The molecule has 1 aliphatic heterocycles. The Morgan fingerprint density at radius 1 is 1.22 bits per heavy atom. The summed E-state index contributed by atoms with van der Waals surface area (Å²) < 4.78 is 31.3. The fourth-order valence-electron chi connectivity index (χ4n) is 3.52. The third-order valence-corrected chi connectivity index (χ3v) is 7.01. The average molecular weight is 338 g/mol. The summed E-state index contributed by atoms with van der Waals surface area (Å²) in [4.78, 5) is 0. The van der Waals surface area contributed by atoms with Crippen LogP contribution in [0.1, 0.15) is 24.8 Å². The molecule has 1 aromatic carbocycles. The lowest BCUT2D eigenvalue weighted by Gasteiger charge is -2.44. The van der Waals surface area contributed by atoms with E-state index in [0.29, 0.717) is 50.7 Å². The minimum Gasteiger partial charge on any atom is -0.379 e. The molecule has 1 aliphatic carbocycles. The SMILES string of the molecule is C[C@H]1[C@@H](c2ccccc2)C[C@H]1NCCS(=O)(=O)N1CCOCC1. The van der Waals surface area contributed by atoms with Crippen molar-refractivity contribution in [1.82, 2.24) is 9.62 Å². The molecule has 1 N–H and O–H groups in total. The van der Waals surface area contributed by atoms with Crippen LogP contribution in [-0.2, 0) is 14.8 Å². The number of benzene rings is 1. The number of rotatable bonds is 6. The van der Waals surface area contributed by atoms with E-state index in [1.165, 1.54) is 5.56 Å². The van der Waals surface area contributed by atoms with Gasteiger partial charge < -0.3 is 10.1 Å². The fourth-order valence-corrected chi connectivity index (χ4v) is 4.86. The third-order valence-electron chi connectivity index (χ3n) is 5.13. The molecular formula is C17H26N2O3S. The second-order valence-electron chi connectivity index (χ2n) is 6.50. The Balaban J connectivity index is 1.43. The zero-order chi connectivity index (χ0) is 16.3. The van der Waals surface area contributed by atoms with Gasteiger partial charge in [0.25, 0.3) is 0 Å². The van der Waals surface area contributed by atoms with Gasteiger partial charge in [0.1, 0.15) is 0 Å². The molecule has 23 heavy (non-hydrogen) atoms. The topological polar surface area (TPSA) is 58.6 Å². The van der Waals surface area contributed by atoms with Gasteiger partial charge >= 0.3 is 0 Å². The predicted octanol–water partition coefficient (Wildman–Crippen LogP) is 1.43. The molecule has 2 aliphatic rings. The molecule has 1 saturated heterocycles. The number of sulfonamides is 1. The van der Waals surface area contributed by atoms with Crippen LogP contribution in [0.25, 0.3) is 0 Å². The minimum atomic E-state index is -3.16. The Hall–Kier alpha value is -0.950. The lowest BCUT2D eigenvalue weighted by atomic mass is 9.67. The standard InChI is InChI=1S/C17H26N2O3S/c1-14-16(15-5-3-2-4-6-15)13-17(14)18-7-12-23(20,21)19-8-10-22-11-9-19/h2-6,14,16-18H,7-13H2,1H3/t14-,16-,17+/m0/s1. The molecular weight excluding hydrogens is 312 g/mol. The highest BCUT2D eigenvalue weighted by molar-refractivity contribution is 7.89. The van der Waals surface area contributed by atoms with Crippen molar-refractivity contribution in [2.24, 2.45) is 5.92 Å². The highest BCUT2D eigenvalue weighted by atomic mass is 32.2. The number of ether oxygens (including phenoxy) is 1. The summed E-state index contributed by atoms with van der Waals surface area (Å²) in [5, 5.41) is 3.43. The molecule has 1 heterocycles. The molecule has 0 aromatic heterocycles. The second-order valence-corrected chi connectivity index (χ2v) is 8.59. The number of morpholine rings is 1. The van der Waals surface area contributed by atoms with Gasteiger partial charge in [0.2, 0.25) is 10.0 Å². The lowest BCUT2D eigenvalue weighted by Crippen LogP contribution is -2.50. The first-order valence-corrected chi connectivity index (χ1v) is 10.0. The van der Waals surface area contributed by atoms with Crippen LogP contribution in [-0.4, -0.2) is 57.4 Å². The van der Waals surface area contributed by atoms with E-state index in [-0.39, 0.29) is 5.75 Å². The van der Waals surface area contributed by atoms with Crippen LogP contribution in [0.2, 0.25) is 0 Å². The summed E-state index contributed by atoms with van der Waals surface area (Å²) in [6, 6.07) is 11.0. The van der Waals surface area contributed by atoms with Crippen LogP contribution >= 0.6 is 0 Å². The van der Waals surface area contributed by atoms with Crippen molar-refractivity contribution in [3.05, 3.63) is 35.9 Å². The normalized spacial score (nSPS) is 29.2. The summed E-state index contributed by atoms with van der Waals surface area (Å²) in [6.45, 7) is 4.75. The Kier molecular flexibility index (Phi) is 5.36. The summed E-state index contributed by atoms with van der Waals surface area (Å²) in [7, 11) is -3.16. The van der Waals surface area contributed by atoms with E-state index in [1.54, 1.807) is 4.31 Å². The fraction of sp³-hybridized carbons (Fsp3) is 0.647. The smallest absolute Gasteiger partial charge is 0.215 e. The molecule has 2 fully saturated rings. The first-order valence-electron chi connectivity index (χ1n) is 8.42. The number of nitrogens with one attached hydrogen (secondary N) is 1. The van der Waals surface area contributed by atoms with Crippen molar-refractivity contribution in [3.63, 3.8) is 0 Å². The maximum atomic E-state index is 12.3. The van der Waals surface area contributed by atoms with Crippen LogP contribution in [0.4, 0.5) is 0 Å². The average Bonchev–Trinajstić information content (AvgIpc) is 2.58. The molecule has 6 heteroatoms. The Labute approximate surface area is 139 Å². The van der Waals surface area contributed by atoms with Gasteiger partial charge in [-0.3, -0.25) is 0 Å². The molecule has 0 unspecified atom stereocenters. The summed E-state index contributed by atoms with van der Waals surface area (Å²) in [5.74, 6) is 1.31. The van der Waals surface area contributed by atoms with Crippen molar-refractivity contribution in [2.75, 3.05) is 38.6 Å².